The number of hydrogen-bond acceptors (Lipinski definition) is 6. The number of aliphatic carboxylic acids is 1. The Morgan fingerprint density at radius 1 is 1.14 bits per heavy atom. The fourth-order valence-corrected chi connectivity index (χ4v) is 5.42. The van der Waals surface area contributed by atoms with Gasteiger partial charge in [-0.25, -0.2) is 13.8 Å². The van der Waals surface area contributed by atoms with Gasteiger partial charge in [-0.3, -0.25) is 9.59 Å². The lowest BCUT2D eigenvalue weighted by Crippen LogP contribution is -2.45. The summed E-state index contributed by atoms with van der Waals surface area (Å²) in [6.45, 7) is 1.45. The van der Waals surface area contributed by atoms with Gasteiger partial charge in [-0.2, -0.15) is 8.78 Å². The van der Waals surface area contributed by atoms with E-state index in [1.807, 2.05) is 17.0 Å². The number of ether oxygens (including phenoxy) is 2. The molecule has 1 aliphatic carbocycles. The minimum Gasteiger partial charge on any atom is -0.497 e. The summed E-state index contributed by atoms with van der Waals surface area (Å²) in [6.07, 6.45) is 1.32. The Kier molecular flexibility index (Phi) is 10.2. The second kappa shape index (κ2) is 13.6. The Bertz CT molecular complexity index is 1240. The third-order valence-corrected chi connectivity index (χ3v) is 8.02. The number of amides is 1. The zero-order valence-electron chi connectivity index (χ0n) is 23.8. The number of halogens is 4. The van der Waals surface area contributed by atoms with Crippen LogP contribution in [0.15, 0.2) is 36.5 Å². The molecule has 1 amide bonds. The quantitative estimate of drug-likeness (QED) is 0.280. The van der Waals surface area contributed by atoms with Crippen molar-refractivity contribution in [3.8, 4) is 11.6 Å². The van der Waals surface area contributed by atoms with E-state index in [-0.39, 0.29) is 30.4 Å². The molecule has 1 saturated heterocycles. The normalized spacial score (nSPS) is 16.8. The van der Waals surface area contributed by atoms with E-state index in [9.17, 15) is 32.3 Å². The number of nitrogens with zero attached hydrogens (tertiary/aromatic N) is 3. The third-order valence-electron chi connectivity index (χ3n) is 8.02. The largest absolute Gasteiger partial charge is 0.497 e. The maximum absolute atomic E-state index is 13.8. The molecule has 0 radical (unpaired) electrons. The van der Waals surface area contributed by atoms with Gasteiger partial charge in [0.25, 0.3) is 5.91 Å². The van der Waals surface area contributed by atoms with Crippen LogP contribution in [0.25, 0.3) is 0 Å². The van der Waals surface area contributed by atoms with Crippen LogP contribution in [0.4, 0.5) is 23.2 Å². The van der Waals surface area contributed by atoms with Crippen LogP contribution in [0.5, 0.6) is 11.6 Å². The van der Waals surface area contributed by atoms with E-state index in [1.54, 1.807) is 18.3 Å². The van der Waals surface area contributed by atoms with Crippen molar-refractivity contribution in [2.24, 2.45) is 11.8 Å². The fraction of sp³-hybridized carbons (Fsp3) is 0.567. The van der Waals surface area contributed by atoms with Gasteiger partial charge in [0.05, 0.1) is 37.9 Å². The van der Waals surface area contributed by atoms with E-state index in [4.69, 9.17) is 9.47 Å². The molecular weight excluding hydrogens is 558 g/mol. The average molecular weight is 596 g/mol. The number of rotatable bonds is 14. The molecule has 1 aromatic heterocycles. The number of anilines is 1. The van der Waals surface area contributed by atoms with Crippen LogP contribution < -0.4 is 14.4 Å². The SMILES string of the molecule is CCN(CC(F)(F)C(F)F)C(=O)c1ccc(OC)cc1N1CCC(COc2cc(C(CC(=O)O)C3CC3)ccn2)CC1. The first-order valence-electron chi connectivity index (χ1n) is 14.2. The first-order valence-corrected chi connectivity index (χ1v) is 14.2. The number of benzene rings is 1. The molecule has 4 rings (SSSR count). The van der Waals surface area contributed by atoms with Crippen LogP contribution in [0.1, 0.15) is 60.9 Å². The molecule has 1 N–H and O–H groups in total. The Morgan fingerprint density at radius 2 is 1.86 bits per heavy atom. The summed E-state index contributed by atoms with van der Waals surface area (Å²) >= 11 is 0. The number of hydrogen-bond donors (Lipinski definition) is 1. The van der Waals surface area contributed by atoms with E-state index < -0.39 is 30.8 Å². The van der Waals surface area contributed by atoms with E-state index >= 15 is 0 Å². The van der Waals surface area contributed by atoms with Crippen molar-refractivity contribution in [1.29, 1.82) is 0 Å². The van der Waals surface area contributed by atoms with Gasteiger partial charge in [-0.1, -0.05) is 0 Å². The molecular formula is C30H37F4N3O5. The molecule has 12 heteroatoms. The monoisotopic (exact) mass is 595 g/mol. The van der Waals surface area contributed by atoms with Crippen LogP contribution >= 0.6 is 0 Å². The van der Waals surface area contributed by atoms with Crippen molar-refractivity contribution in [1.82, 2.24) is 9.88 Å². The van der Waals surface area contributed by atoms with Crippen LogP contribution in [-0.2, 0) is 4.79 Å². The van der Waals surface area contributed by atoms with E-state index in [2.05, 4.69) is 4.98 Å². The summed E-state index contributed by atoms with van der Waals surface area (Å²) in [7, 11) is 1.48. The van der Waals surface area contributed by atoms with Crippen molar-refractivity contribution in [3.05, 3.63) is 47.7 Å². The number of carbonyl (C=O) groups excluding carboxylic acids is 1. The topological polar surface area (TPSA) is 92.2 Å². The number of aromatic nitrogens is 1. The predicted octanol–water partition coefficient (Wildman–Crippen LogP) is 5.72. The molecule has 0 bridgehead atoms. The standard InChI is InChI=1S/C30H37F4N3O5/c1-3-36(18-30(33,34)29(31)32)28(40)23-7-6-22(41-2)15-25(23)37-12-9-19(10-13-37)17-42-26-14-21(8-11-35-26)24(16-27(38)39)20-4-5-20/h6-8,11,14-15,19-20,24,29H,3-5,9-10,12-13,16-18H2,1-2H3,(H,38,39). The summed E-state index contributed by atoms with van der Waals surface area (Å²) in [4.78, 5) is 31.6. The zero-order valence-corrected chi connectivity index (χ0v) is 23.8. The average Bonchev–Trinajstić information content (AvgIpc) is 3.83. The van der Waals surface area contributed by atoms with Gasteiger partial charge in [0.15, 0.2) is 0 Å². The van der Waals surface area contributed by atoms with Crippen LogP contribution in [0.2, 0.25) is 0 Å². The molecule has 1 aromatic carbocycles. The first kappa shape index (κ1) is 31.4. The number of carbonyl (C=O) groups is 2. The van der Waals surface area contributed by atoms with Gasteiger partial charge < -0.3 is 24.4 Å². The Hall–Kier alpha value is -3.57. The molecule has 2 aliphatic rings. The van der Waals surface area contributed by atoms with Gasteiger partial charge in [0.2, 0.25) is 5.88 Å². The third kappa shape index (κ3) is 7.83. The molecule has 1 aliphatic heterocycles. The summed E-state index contributed by atoms with van der Waals surface area (Å²) in [5, 5.41) is 9.31. The highest BCUT2D eigenvalue weighted by Gasteiger charge is 2.43. The lowest BCUT2D eigenvalue weighted by molar-refractivity contribution is -0.137. The lowest BCUT2D eigenvalue weighted by atomic mass is 9.92. The minimum atomic E-state index is -4.32. The number of carboxylic acids is 1. The van der Waals surface area contributed by atoms with Crippen molar-refractivity contribution < 1.29 is 41.7 Å². The number of piperidine rings is 1. The minimum absolute atomic E-state index is 0.0545. The highest BCUT2D eigenvalue weighted by Crippen LogP contribution is 2.45. The highest BCUT2D eigenvalue weighted by molar-refractivity contribution is 6.00. The predicted molar refractivity (Wildman–Crippen MR) is 148 cm³/mol. The molecule has 1 atom stereocenters. The van der Waals surface area contributed by atoms with Gasteiger partial charge in [0, 0.05) is 38.0 Å². The Balaban J connectivity index is 1.40. The van der Waals surface area contributed by atoms with E-state index in [0.717, 1.165) is 36.1 Å². The van der Waals surface area contributed by atoms with Crippen molar-refractivity contribution in [2.45, 2.75) is 57.3 Å². The number of pyridine rings is 1. The van der Waals surface area contributed by atoms with Crippen LogP contribution in [0, 0.1) is 11.8 Å². The first-order chi connectivity index (χ1) is 20.0. The number of carboxylic acid groups (broad SMARTS) is 1. The molecule has 2 fully saturated rings. The van der Waals surface area contributed by atoms with Crippen molar-refractivity contribution in [3.63, 3.8) is 0 Å². The number of methoxy groups -OCH3 is 1. The van der Waals surface area contributed by atoms with Gasteiger partial charge in [-0.05, 0) is 74.1 Å². The summed E-state index contributed by atoms with van der Waals surface area (Å²) < 4.78 is 64.6. The summed E-state index contributed by atoms with van der Waals surface area (Å²) in [6, 6.07) is 8.35. The van der Waals surface area contributed by atoms with Crippen LogP contribution in [-0.4, -0.2) is 79.1 Å². The second-order valence-electron chi connectivity index (χ2n) is 11.0. The number of alkyl halides is 4. The fourth-order valence-electron chi connectivity index (χ4n) is 5.42. The zero-order chi connectivity index (χ0) is 30.4. The molecule has 8 nitrogen and oxygen atoms in total. The Morgan fingerprint density at radius 3 is 2.45 bits per heavy atom. The smallest absolute Gasteiger partial charge is 0.324 e. The van der Waals surface area contributed by atoms with Gasteiger partial charge in [-0.15, -0.1) is 0 Å². The van der Waals surface area contributed by atoms with Crippen molar-refractivity contribution >= 4 is 17.6 Å². The summed E-state index contributed by atoms with van der Waals surface area (Å²) in [5.74, 6) is -4.46. The molecule has 1 saturated carbocycles. The molecule has 2 heterocycles. The molecule has 42 heavy (non-hydrogen) atoms. The lowest BCUT2D eigenvalue weighted by Gasteiger charge is -2.35. The molecule has 2 aromatic rings. The Labute approximate surface area is 242 Å². The second-order valence-corrected chi connectivity index (χ2v) is 11.0. The molecule has 1 unspecified atom stereocenters. The van der Waals surface area contributed by atoms with Gasteiger partial charge in [0.1, 0.15) is 5.75 Å². The van der Waals surface area contributed by atoms with Crippen molar-refractivity contribution in [2.75, 3.05) is 44.8 Å². The van der Waals surface area contributed by atoms with Gasteiger partial charge >= 0.3 is 18.3 Å². The van der Waals surface area contributed by atoms with E-state index in [0.29, 0.717) is 42.9 Å². The highest BCUT2D eigenvalue weighted by atomic mass is 19.3. The molecule has 0 spiro atoms. The van der Waals surface area contributed by atoms with E-state index in [1.165, 1.54) is 20.1 Å². The maximum Gasteiger partial charge on any atom is 0.324 e. The summed E-state index contributed by atoms with van der Waals surface area (Å²) in [5.41, 5.74) is 1.56. The molecule has 230 valence electrons. The van der Waals surface area contributed by atoms with Crippen LogP contribution in [0.3, 0.4) is 0 Å². The maximum atomic E-state index is 13.8.